The standard InChI is InChI=1S/C44H64FN6O9P/c1-4-5-6-7-8-9-10-11-12-13-14-15-16-17-18-19-22-54-28-36(55-27-34-23-33(26-46)24-35(45)25-34)29-56-61(52,53)57-30-38-40-41(60-43(2,3)59-40)44(31-47,58-38)39-21-20-37-42(48)49-32-50-51(37)39/h20-21,23-25,32,36,38,40-41H,4-19,22,27-30H2,1-3H3,(H,52,53)(H2,48,49,50)/t36-,38-,40-,41-,44+/m1/s1. The first-order valence-electron chi connectivity index (χ1n) is 21.9. The summed E-state index contributed by atoms with van der Waals surface area (Å²) in [5.41, 5.74) is 5.59. The Morgan fingerprint density at radius 1 is 0.918 bits per heavy atom. The summed E-state index contributed by atoms with van der Waals surface area (Å²) in [4.78, 5) is 14.8. The molecule has 3 aromatic rings. The molecule has 5 rings (SSSR count). The van der Waals surface area contributed by atoms with Crippen molar-refractivity contribution < 1.29 is 46.6 Å². The number of ether oxygens (including phenoxy) is 5. The molecule has 15 nitrogen and oxygen atoms in total. The fraction of sp³-hybridized carbons (Fsp3) is 0.682. The Bertz CT molecular complexity index is 1960. The molecule has 1 aromatic carbocycles. The first-order valence-corrected chi connectivity index (χ1v) is 23.4. The number of aromatic nitrogens is 3. The lowest BCUT2D eigenvalue weighted by molar-refractivity contribution is -0.204. The molecule has 17 heteroatoms. The summed E-state index contributed by atoms with van der Waals surface area (Å²) in [6, 6.07) is 11.3. The van der Waals surface area contributed by atoms with E-state index in [0.29, 0.717) is 23.4 Å². The van der Waals surface area contributed by atoms with E-state index in [1.807, 2.05) is 6.07 Å². The number of phosphoric acid groups is 1. The first kappa shape index (κ1) is 48.5. The molecule has 0 bridgehead atoms. The molecule has 336 valence electrons. The Kier molecular flexibility index (Phi) is 18.9. The molecule has 6 atom stereocenters. The molecule has 2 saturated heterocycles. The van der Waals surface area contributed by atoms with Gasteiger partial charge in [-0.2, -0.15) is 15.6 Å². The Labute approximate surface area is 359 Å². The van der Waals surface area contributed by atoms with Gasteiger partial charge in [0.2, 0.25) is 5.60 Å². The average molecular weight is 871 g/mol. The Hall–Kier alpha value is -3.54. The normalized spacial score (nSPS) is 22.2. The fourth-order valence-corrected chi connectivity index (χ4v) is 8.73. The molecule has 2 aromatic heterocycles. The third kappa shape index (κ3) is 14.2. The van der Waals surface area contributed by atoms with Crippen LogP contribution in [0.5, 0.6) is 0 Å². The number of anilines is 1. The monoisotopic (exact) mass is 870 g/mol. The zero-order valence-corrected chi connectivity index (χ0v) is 36.9. The minimum atomic E-state index is -4.76. The number of rotatable bonds is 29. The first-order chi connectivity index (χ1) is 29.4. The fourth-order valence-electron chi connectivity index (χ4n) is 7.97. The molecule has 2 aliphatic rings. The second-order valence-electron chi connectivity index (χ2n) is 16.5. The molecule has 0 saturated carbocycles. The van der Waals surface area contributed by atoms with Gasteiger partial charge in [0.05, 0.1) is 43.8 Å². The number of phosphoric ester groups is 1. The van der Waals surface area contributed by atoms with Crippen LogP contribution < -0.4 is 5.73 Å². The summed E-state index contributed by atoms with van der Waals surface area (Å²) in [7, 11) is -4.76. The molecule has 4 heterocycles. The van der Waals surface area contributed by atoms with Crippen LogP contribution in [-0.4, -0.2) is 76.1 Å². The lowest BCUT2D eigenvalue weighted by Crippen LogP contribution is -2.40. The predicted octanol–water partition coefficient (Wildman–Crippen LogP) is 8.96. The van der Waals surface area contributed by atoms with Gasteiger partial charge in [0.25, 0.3) is 0 Å². The van der Waals surface area contributed by atoms with Gasteiger partial charge in [0.15, 0.2) is 11.6 Å². The van der Waals surface area contributed by atoms with E-state index >= 15 is 0 Å². The third-order valence-corrected chi connectivity index (χ3v) is 12.1. The van der Waals surface area contributed by atoms with Crippen molar-refractivity contribution in [3.63, 3.8) is 0 Å². The maximum atomic E-state index is 14.2. The van der Waals surface area contributed by atoms with E-state index in [4.69, 9.17) is 38.5 Å². The maximum Gasteiger partial charge on any atom is 0.472 e. The largest absolute Gasteiger partial charge is 0.472 e. The molecule has 0 aliphatic carbocycles. The number of halogens is 1. The highest BCUT2D eigenvalue weighted by molar-refractivity contribution is 7.47. The Balaban J connectivity index is 1.08. The van der Waals surface area contributed by atoms with Gasteiger partial charge >= 0.3 is 7.82 Å². The molecular formula is C44H64FN6O9P. The van der Waals surface area contributed by atoms with Gasteiger partial charge in [-0.25, -0.2) is 18.5 Å². The number of nitrogens with zero attached hydrogens (tertiary/aromatic N) is 5. The number of unbranched alkanes of at least 4 members (excludes halogenated alkanes) is 15. The molecule has 1 unspecified atom stereocenters. The quantitative estimate of drug-likeness (QED) is 0.0494. The summed E-state index contributed by atoms with van der Waals surface area (Å²) >= 11 is 0. The second kappa shape index (κ2) is 23.8. The summed E-state index contributed by atoms with van der Waals surface area (Å²) in [5.74, 6) is -1.51. The summed E-state index contributed by atoms with van der Waals surface area (Å²) in [6.45, 7) is 5.11. The van der Waals surface area contributed by atoms with Crippen molar-refractivity contribution in [1.29, 1.82) is 10.5 Å². The van der Waals surface area contributed by atoms with Crippen molar-refractivity contribution in [3.8, 4) is 12.1 Å². The topological polar surface area (TPSA) is 206 Å². The van der Waals surface area contributed by atoms with Crippen LogP contribution in [0.3, 0.4) is 0 Å². The van der Waals surface area contributed by atoms with Crippen LogP contribution in [0.4, 0.5) is 10.2 Å². The van der Waals surface area contributed by atoms with Crippen LogP contribution in [0.25, 0.3) is 5.52 Å². The molecule has 3 N–H and O–H groups in total. The van der Waals surface area contributed by atoms with Gasteiger partial charge in [-0.1, -0.05) is 103 Å². The molecule has 0 spiro atoms. The Morgan fingerprint density at radius 2 is 1.57 bits per heavy atom. The van der Waals surface area contributed by atoms with Crippen molar-refractivity contribution in [3.05, 3.63) is 59.3 Å². The number of fused-ring (bicyclic) bond motifs is 2. The third-order valence-electron chi connectivity index (χ3n) is 11.1. The smallest absolute Gasteiger partial charge is 0.382 e. The van der Waals surface area contributed by atoms with Gasteiger partial charge in [-0.05, 0) is 56.2 Å². The molecule has 61 heavy (non-hydrogen) atoms. The van der Waals surface area contributed by atoms with Crippen LogP contribution in [0.15, 0.2) is 36.7 Å². The molecule has 2 fully saturated rings. The number of hydrogen-bond donors (Lipinski definition) is 2. The van der Waals surface area contributed by atoms with Crippen LogP contribution in [-0.2, 0) is 49.5 Å². The average Bonchev–Trinajstić information content (AvgIpc) is 3.90. The van der Waals surface area contributed by atoms with Crippen molar-refractivity contribution in [1.82, 2.24) is 14.6 Å². The number of nitriles is 2. The Morgan fingerprint density at radius 3 is 2.21 bits per heavy atom. The van der Waals surface area contributed by atoms with E-state index in [1.54, 1.807) is 26.0 Å². The van der Waals surface area contributed by atoms with E-state index in [-0.39, 0.29) is 24.6 Å². The van der Waals surface area contributed by atoms with E-state index in [9.17, 15) is 24.4 Å². The SMILES string of the molecule is CCCCCCCCCCCCCCCCCCOC[C@H](COP(=O)(O)OC[C@H]1O[C@@](C#N)(c2ccc3c(N)ncnn23)[C@@H]2OC(C)(C)O[C@@H]21)OCc1cc(F)cc(C#N)c1. The zero-order chi connectivity index (χ0) is 43.7. The van der Waals surface area contributed by atoms with E-state index in [2.05, 4.69) is 23.1 Å². The minimum Gasteiger partial charge on any atom is -0.382 e. The second-order valence-corrected chi connectivity index (χ2v) is 18.0. The van der Waals surface area contributed by atoms with Crippen LogP contribution in [0.2, 0.25) is 0 Å². The summed E-state index contributed by atoms with van der Waals surface area (Å²) < 4.78 is 70.2. The van der Waals surface area contributed by atoms with Gasteiger partial charge in [0, 0.05) is 6.61 Å². The highest BCUT2D eigenvalue weighted by Gasteiger charge is 2.65. The highest BCUT2D eigenvalue weighted by atomic mass is 31.2. The number of hydrogen-bond acceptors (Lipinski definition) is 13. The van der Waals surface area contributed by atoms with Gasteiger partial charge in [0.1, 0.15) is 48.1 Å². The summed E-state index contributed by atoms with van der Waals surface area (Å²) in [5, 5.41) is 24.1. The van der Waals surface area contributed by atoms with Gasteiger partial charge < -0.3 is 34.3 Å². The van der Waals surface area contributed by atoms with Crippen molar-refractivity contribution in [2.75, 3.05) is 32.2 Å². The van der Waals surface area contributed by atoms with Crippen molar-refractivity contribution >= 4 is 19.2 Å². The van der Waals surface area contributed by atoms with Crippen LogP contribution >= 0.6 is 7.82 Å². The van der Waals surface area contributed by atoms with Gasteiger partial charge in [-0.3, -0.25) is 9.05 Å². The van der Waals surface area contributed by atoms with E-state index < -0.39 is 62.7 Å². The van der Waals surface area contributed by atoms with E-state index in [0.717, 1.165) is 25.3 Å². The predicted molar refractivity (Wildman–Crippen MR) is 225 cm³/mol. The maximum absolute atomic E-state index is 14.2. The minimum absolute atomic E-state index is 0.0267. The zero-order valence-electron chi connectivity index (χ0n) is 36.0. The van der Waals surface area contributed by atoms with Crippen LogP contribution in [0.1, 0.15) is 140 Å². The number of benzene rings is 1. The van der Waals surface area contributed by atoms with Crippen LogP contribution in [0, 0.1) is 28.5 Å². The molecule has 2 aliphatic heterocycles. The summed E-state index contributed by atoms with van der Waals surface area (Å²) in [6.07, 6.45) is 17.7. The lowest BCUT2D eigenvalue weighted by Gasteiger charge is -2.29. The van der Waals surface area contributed by atoms with Gasteiger partial charge in [-0.15, -0.1) is 0 Å². The van der Waals surface area contributed by atoms with Crippen molar-refractivity contribution in [2.24, 2.45) is 0 Å². The highest BCUT2D eigenvalue weighted by Crippen LogP contribution is 2.51. The van der Waals surface area contributed by atoms with E-state index in [1.165, 1.54) is 106 Å². The lowest BCUT2D eigenvalue weighted by atomic mass is 9.92. The molecule has 0 amide bonds. The molecular weight excluding hydrogens is 806 g/mol. The van der Waals surface area contributed by atoms with Crippen molar-refractivity contribution in [2.45, 2.75) is 166 Å². The molecule has 0 radical (unpaired) electrons. The number of nitrogens with two attached hydrogens (primary N) is 1. The number of nitrogen functional groups attached to an aromatic ring is 1.